The van der Waals surface area contributed by atoms with Gasteiger partial charge in [-0.05, 0) is 43.0 Å². The van der Waals surface area contributed by atoms with Crippen molar-refractivity contribution < 1.29 is 19.1 Å². The van der Waals surface area contributed by atoms with E-state index in [4.69, 9.17) is 9.47 Å². The molecule has 0 bridgehead atoms. The average molecular weight is 456 g/mol. The minimum absolute atomic E-state index is 0.119. The first-order valence-corrected chi connectivity index (χ1v) is 11.6. The van der Waals surface area contributed by atoms with Crippen molar-refractivity contribution in [1.82, 2.24) is 15.5 Å². The maximum atomic E-state index is 12.6. The summed E-state index contributed by atoms with van der Waals surface area (Å²) in [6.07, 6.45) is 0.198. The summed E-state index contributed by atoms with van der Waals surface area (Å²) in [5.41, 5.74) is 2.01. The molecule has 0 heterocycles. The van der Waals surface area contributed by atoms with Crippen LogP contribution in [-0.4, -0.2) is 43.6 Å². The Kier molecular flexibility index (Phi) is 10.5. The molecule has 1 atom stereocenters. The van der Waals surface area contributed by atoms with Gasteiger partial charge in [-0.25, -0.2) is 4.79 Å². The van der Waals surface area contributed by atoms with Crippen LogP contribution in [0, 0.1) is 5.92 Å². The normalized spacial score (nSPS) is 11.6. The van der Waals surface area contributed by atoms with E-state index >= 15 is 0 Å². The number of nitrogens with one attached hydrogen (secondary N) is 2. The number of benzene rings is 2. The van der Waals surface area contributed by atoms with Crippen molar-refractivity contribution >= 4 is 11.9 Å². The molecular formula is C26H37N3O4. The lowest BCUT2D eigenvalue weighted by atomic mass is 9.95. The first-order chi connectivity index (χ1) is 15.8. The van der Waals surface area contributed by atoms with Gasteiger partial charge in [-0.15, -0.1) is 0 Å². The van der Waals surface area contributed by atoms with Gasteiger partial charge >= 0.3 is 6.03 Å². The van der Waals surface area contributed by atoms with Crippen LogP contribution in [0.5, 0.6) is 11.5 Å². The zero-order valence-electron chi connectivity index (χ0n) is 20.4. The molecule has 3 amide bonds. The molecule has 7 nitrogen and oxygen atoms in total. The van der Waals surface area contributed by atoms with Gasteiger partial charge in [0, 0.05) is 26.6 Å². The van der Waals surface area contributed by atoms with Crippen LogP contribution in [0.15, 0.2) is 48.5 Å². The molecule has 0 spiro atoms. The Labute approximate surface area is 197 Å². The zero-order chi connectivity index (χ0) is 24.2. The number of urea groups is 1. The van der Waals surface area contributed by atoms with Gasteiger partial charge in [0.25, 0.3) is 0 Å². The van der Waals surface area contributed by atoms with E-state index in [9.17, 15) is 9.59 Å². The third kappa shape index (κ3) is 8.33. The van der Waals surface area contributed by atoms with Gasteiger partial charge in [0.2, 0.25) is 5.91 Å². The van der Waals surface area contributed by atoms with Crippen LogP contribution < -0.4 is 20.1 Å². The predicted octanol–water partition coefficient (Wildman–Crippen LogP) is 4.53. The fourth-order valence-corrected chi connectivity index (χ4v) is 3.49. The van der Waals surface area contributed by atoms with E-state index < -0.39 is 0 Å². The lowest BCUT2D eigenvalue weighted by molar-refractivity contribution is -0.122. The Morgan fingerprint density at radius 1 is 0.970 bits per heavy atom. The number of nitrogens with zero attached hydrogens (tertiary/aromatic N) is 1. The largest absolute Gasteiger partial charge is 0.490 e. The molecule has 180 valence electrons. The molecule has 1 unspecified atom stereocenters. The van der Waals surface area contributed by atoms with Crippen molar-refractivity contribution in [2.24, 2.45) is 5.92 Å². The van der Waals surface area contributed by atoms with Crippen molar-refractivity contribution in [2.45, 2.75) is 46.7 Å². The fraction of sp³-hybridized carbons (Fsp3) is 0.462. The molecule has 0 aliphatic carbocycles. The first kappa shape index (κ1) is 26.0. The van der Waals surface area contributed by atoms with Gasteiger partial charge in [-0.2, -0.15) is 0 Å². The van der Waals surface area contributed by atoms with Crippen LogP contribution in [0.4, 0.5) is 4.79 Å². The Hall–Kier alpha value is -3.22. The summed E-state index contributed by atoms with van der Waals surface area (Å²) in [6.45, 7) is 9.83. The standard InChI is InChI=1S/C26H37N3O4/c1-6-32-22-14-13-21(17-23(22)33-7-2)25(19(3)4)28-24(30)15-16-27-26(31)29(5)18-20-11-9-8-10-12-20/h8-14,17,19,25H,6-7,15-16,18H2,1-5H3,(H,27,31)(H,28,30). The van der Waals surface area contributed by atoms with Crippen LogP contribution in [0.2, 0.25) is 0 Å². The summed E-state index contributed by atoms with van der Waals surface area (Å²) < 4.78 is 11.4. The van der Waals surface area contributed by atoms with E-state index in [1.807, 2.05) is 62.4 Å². The van der Waals surface area contributed by atoms with Gasteiger partial charge in [0.1, 0.15) is 0 Å². The van der Waals surface area contributed by atoms with Crippen molar-refractivity contribution in [3.63, 3.8) is 0 Å². The summed E-state index contributed by atoms with van der Waals surface area (Å²) in [5, 5.41) is 5.91. The summed E-state index contributed by atoms with van der Waals surface area (Å²) in [7, 11) is 1.74. The monoisotopic (exact) mass is 455 g/mol. The minimum Gasteiger partial charge on any atom is -0.490 e. The average Bonchev–Trinajstić information content (AvgIpc) is 2.79. The summed E-state index contributed by atoms with van der Waals surface area (Å²) in [6, 6.07) is 15.2. The lowest BCUT2D eigenvalue weighted by Crippen LogP contribution is -2.39. The van der Waals surface area contributed by atoms with Crippen LogP contribution in [0.3, 0.4) is 0 Å². The molecule has 0 saturated heterocycles. The Morgan fingerprint density at radius 2 is 1.64 bits per heavy atom. The lowest BCUT2D eigenvalue weighted by Gasteiger charge is -2.24. The van der Waals surface area contributed by atoms with Crippen molar-refractivity contribution in [3.8, 4) is 11.5 Å². The van der Waals surface area contributed by atoms with E-state index in [2.05, 4.69) is 24.5 Å². The van der Waals surface area contributed by atoms with Crippen LogP contribution in [0.1, 0.15) is 51.3 Å². The topological polar surface area (TPSA) is 79.9 Å². The Morgan fingerprint density at radius 3 is 2.27 bits per heavy atom. The highest BCUT2D eigenvalue weighted by Crippen LogP contribution is 2.33. The highest BCUT2D eigenvalue weighted by atomic mass is 16.5. The summed E-state index contributed by atoms with van der Waals surface area (Å²) >= 11 is 0. The molecule has 2 N–H and O–H groups in total. The third-order valence-electron chi connectivity index (χ3n) is 5.15. The van der Waals surface area contributed by atoms with E-state index in [-0.39, 0.29) is 36.9 Å². The number of amides is 3. The minimum atomic E-state index is -0.208. The molecule has 2 aromatic carbocycles. The highest BCUT2D eigenvalue weighted by Gasteiger charge is 2.20. The highest BCUT2D eigenvalue weighted by molar-refractivity contribution is 5.78. The van der Waals surface area contributed by atoms with E-state index in [0.717, 1.165) is 11.1 Å². The summed E-state index contributed by atoms with van der Waals surface area (Å²) in [5.74, 6) is 1.42. The van der Waals surface area contributed by atoms with Gasteiger partial charge < -0.3 is 25.0 Å². The molecule has 33 heavy (non-hydrogen) atoms. The summed E-state index contributed by atoms with van der Waals surface area (Å²) in [4.78, 5) is 26.5. The molecule has 2 aromatic rings. The number of hydrogen-bond acceptors (Lipinski definition) is 4. The molecule has 7 heteroatoms. The van der Waals surface area contributed by atoms with Gasteiger partial charge in [-0.3, -0.25) is 4.79 Å². The number of carbonyl (C=O) groups excluding carboxylic acids is 2. The van der Waals surface area contributed by atoms with Crippen LogP contribution in [-0.2, 0) is 11.3 Å². The predicted molar refractivity (Wildman–Crippen MR) is 130 cm³/mol. The maximum Gasteiger partial charge on any atom is 0.317 e. The fourth-order valence-electron chi connectivity index (χ4n) is 3.49. The van der Waals surface area contributed by atoms with Crippen LogP contribution >= 0.6 is 0 Å². The number of ether oxygens (including phenoxy) is 2. The maximum absolute atomic E-state index is 12.6. The molecule has 0 fully saturated rings. The Bertz CT molecular complexity index is 886. The Balaban J connectivity index is 1.91. The molecule has 0 aromatic heterocycles. The molecule has 0 aliphatic heterocycles. The molecule has 2 rings (SSSR count). The van der Waals surface area contributed by atoms with Gasteiger partial charge in [0.15, 0.2) is 11.5 Å². The quantitative estimate of drug-likeness (QED) is 0.493. The molecular weight excluding hydrogens is 418 g/mol. The number of hydrogen-bond donors (Lipinski definition) is 2. The second kappa shape index (κ2) is 13.4. The van der Waals surface area contributed by atoms with Crippen molar-refractivity contribution in [3.05, 3.63) is 59.7 Å². The molecule has 0 aliphatic rings. The SMILES string of the molecule is CCOc1ccc(C(NC(=O)CCNC(=O)N(C)Cc2ccccc2)C(C)C)cc1OCC. The van der Waals surface area contributed by atoms with E-state index in [1.165, 1.54) is 0 Å². The molecule has 0 radical (unpaired) electrons. The second-order valence-corrected chi connectivity index (χ2v) is 8.18. The van der Waals surface area contributed by atoms with Gasteiger partial charge in [-0.1, -0.05) is 50.2 Å². The third-order valence-corrected chi connectivity index (χ3v) is 5.15. The van der Waals surface area contributed by atoms with Crippen LogP contribution in [0.25, 0.3) is 0 Å². The van der Waals surface area contributed by atoms with Crippen molar-refractivity contribution in [1.29, 1.82) is 0 Å². The second-order valence-electron chi connectivity index (χ2n) is 8.18. The number of carbonyl (C=O) groups is 2. The van der Waals surface area contributed by atoms with E-state index in [0.29, 0.717) is 31.3 Å². The first-order valence-electron chi connectivity index (χ1n) is 11.6. The number of rotatable bonds is 12. The molecule has 0 saturated carbocycles. The zero-order valence-corrected chi connectivity index (χ0v) is 20.4. The van der Waals surface area contributed by atoms with E-state index in [1.54, 1.807) is 11.9 Å². The van der Waals surface area contributed by atoms with Crippen molar-refractivity contribution in [2.75, 3.05) is 26.8 Å². The van der Waals surface area contributed by atoms with Gasteiger partial charge in [0.05, 0.1) is 19.3 Å². The smallest absolute Gasteiger partial charge is 0.317 e.